The van der Waals surface area contributed by atoms with Crippen molar-refractivity contribution in [1.29, 1.82) is 0 Å². The van der Waals surface area contributed by atoms with Crippen molar-refractivity contribution in [3.05, 3.63) is 0 Å². The van der Waals surface area contributed by atoms with E-state index in [2.05, 4.69) is 10.6 Å². The standard InChI is InChI=1S/C24H40N2O6/c1-22(2,3)18(26-21(30)32-23(4,5)6)17(19(27)28)25-20(29)31-13-24-10-14-7-15(11-24)9-16(8-14)12-24/h14-18H,7-13H2,1-6H3,(H,25,29)(H,26,30)(H,27,28). The predicted octanol–water partition coefficient (Wildman–Crippen LogP) is 4.32. The molecule has 0 aliphatic heterocycles. The topological polar surface area (TPSA) is 114 Å². The van der Waals surface area contributed by atoms with Gasteiger partial charge in [0.05, 0.1) is 12.6 Å². The molecule has 8 nitrogen and oxygen atoms in total. The van der Waals surface area contributed by atoms with Crippen LogP contribution in [0.25, 0.3) is 0 Å². The Hall–Kier alpha value is -1.99. The molecule has 2 atom stereocenters. The number of hydrogen-bond donors (Lipinski definition) is 3. The Morgan fingerprint density at radius 2 is 1.41 bits per heavy atom. The van der Waals surface area contributed by atoms with Gasteiger partial charge in [-0.2, -0.15) is 0 Å². The highest BCUT2D eigenvalue weighted by molar-refractivity contribution is 5.82. The van der Waals surface area contributed by atoms with Gasteiger partial charge in [0.2, 0.25) is 0 Å². The van der Waals surface area contributed by atoms with E-state index in [0.29, 0.717) is 6.61 Å². The van der Waals surface area contributed by atoms with Crippen LogP contribution in [0.2, 0.25) is 0 Å². The van der Waals surface area contributed by atoms with Crippen LogP contribution in [0, 0.1) is 28.6 Å². The lowest BCUT2D eigenvalue weighted by molar-refractivity contribution is -0.141. The Bertz CT molecular complexity index is 700. The van der Waals surface area contributed by atoms with Gasteiger partial charge in [-0.05, 0) is 82.5 Å². The molecule has 3 N–H and O–H groups in total. The van der Waals surface area contributed by atoms with Gasteiger partial charge in [-0.1, -0.05) is 20.8 Å². The molecule has 2 amide bonds. The summed E-state index contributed by atoms with van der Waals surface area (Å²) in [5.41, 5.74) is -1.34. The van der Waals surface area contributed by atoms with E-state index in [-0.39, 0.29) is 5.41 Å². The number of carbonyl (C=O) groups excluding carboxylic acids is 2. The molecule has 182 valence electrons. The highest BCUT2D eigenvalue weighted by atomic mass is 16.6. The van der Waals surface area contributed by atoms with Crippen LogP contribution < -0.4 is 10.6 Å². The van der Waals surface area contributed by atoms with Crippen LogP contribution in [0.15, 0.2) is 0 Å². The summed E-state index contributed by atoms with van der Waals surface area (Å²) >= 11 is 0. The lowest BCUT2D eigenvalue weighted by Crippen LogP contribution is -2.61. The maximum atomic E-state index is 12.7. The van der Waals surface area contributed by atoms with E-state index >= 15 is 0 Å². The number of carbonyl (C=O) groups is 3. The lowest BCUT2D eigenvalue weighted by atomic mass is 9.50. The molecule has 0 radical (unpaired) electrons. The van der Waals surface area contributed by atoms with Crippen LogP contribution in [0.5, 0.6) is 0 Å². The fourth-order valence-corrected chi connectivity index (χ4v) is 6.38. The van der Waals surface area contributed by atoms with Crippen molar-refractivity contribution < 1.29 is 29.0 Å². The highest BCUT2D eigenvalue weighted by Gasteiger charge is 2.51. The van der Waals surface area contributed by atoms with Crippen LogP contribution in [0.1, 0.15) is 80.1 Å². The molecular formula is C24H40N2O6. The summed E-state index contributed by atoms with van der Waals surface area (Å²) in [6, 6.07) is -2.26. The van der Waals surface area contributed by atoms with Crippen LogP contribution >= 0.6 is 0 Å². The van der Waals surface area contributed by atoms with Crippen molar-refractivity contribution >= 4 is 18.2 Å². The van der Waals surface area contributed by atoms with Crippen molar-refractivity contribution in [2.24, 2.45) is 28.6 Å². The molecular weight excluding hydrogens is 412 g/mol. The van der Waals surface area contributed by atoms with E-state index in [1.807, 2.05) is 0 Å². The highest BCUT2D eigenvalue weighted by Crippen LogP contribution is 2.60. The fraction of sp³-hybridized carbons (Fsp3) is 0.875. The number of carboxylic acid groups (broad SMARTS) is 1. The van der Waals surface area contributed by atoms with E-state index in [1.165, 1.54) is 19.3 Å². The number of amides is 2. The first kappa shape index (κ1) is 24.6. The summed E-state index contributed by atoms with van der Waals surface area (Å²) in [7, 11) is 0. The number of alkyl carbamates (subject to hydrolysis) is 2. The van der Waals surface area contributed by atoms with Crippen molar-refractivity contribution in [2.75, 3.05) is 6.61 Å². The maximum Gasteiger partial charge on any atom is 0.407 e. The molecule has 0 heterocycles. The van der Waals surface area contributed by atoms with Crippen molar-refractivity contribution in [3.63, 3.8) is 0 Å². The predicted molar refractivity (Wildman–Crippen MR) is 119 cm³/mol. The van der Waals surface area contributed by atoms with Gasteiger partial charge in [-0.25, -0.2) is 14.4 Å². The second kappa shape index (κ2) is 8.75. The molecule has 32 heavy (non-hydrogen) atoms. The molecule has 0 aromatic carbocycles. The number of carboxylic acids is 1. The molecule has 0 aromatic rings. The van der Waals surface area contributed by atoms with Gasteiger partial charge in [0.1, 0.15) is 5.60 Å². The van der Waals surface area contributed by atoms with Gasteiger partial charge >= 0.3 is 18.2 Å². The molecule has 8 heteroatoms. The molecule has 4 aliphatic rings. The summed E-state index contributed by atoms with van der Waals surface area (Å²) in [5.74, 6) is 0.974. The summed E-state index contributed by atoms with van der Waals surface area (Å²) in [4.78, 5) is 37.1. The first-order chi connectivity index (χ1) is 14.7. The summed E-state index contributed by atoms with van der Waals surface area (Å²) < 4.78 is 10.9. The minimum atomic E-state index is -1.36. The van der Waals surface area contributed by atoms with Gasteiger partial charge in [0, 0.05) is 5.41 Å². The zero-order valence-corrected chi connectivity index (χ0v) is 20.3. The SMILES string of the molecule is CC(C)(C)OC(=O)NC(C(NC(=O)OCC12CC3CC(CC(C3)C1)C2)C(=O)O)C(C)(C)C. The zero-order valence-electron chi connectivity index (χ0n) is 20.3. The van der Waals surface area contributed by atoms with E-state index < -0.39 is 41.3 Å². The van der Waals surface area contributed by atoms with E-state index in [1.54, 1.807) is 41.5 Å². The van der Waals surface area contributed by atoms with Crippen LogP contribution in [-0.4, -0.2) is 47.6 Å². The summed E-state index contributed by atoms with van der Waals surface area (Å²) in [5, 5.41) is 15.0. The molecule has 4 aliphatic carbocycles. The van der Waals surface area contributed by atoms with Crippen LogP contribution in [0.3, 0.4) is 0 Å². The number of aliphatic carboxylic acids is 1. The Morgan fingerprint density at radius 1 is 0.906 bits per heavy atom. The van der Waals surface area contributed by atoms with Gasteiger partial charge < -0.3 is 25.2 Å². The molecule has 0 spiro atoms. The summed E-state index contributed by atoms with van der Waals surface area (Å²) in [6.45, 7) is 10.9. The number of ether oxygens (including phenoxy) is 2. The molecule has 4 rings (SSSR count). The van der Waals surface area contributed by atoms with Crippen molar-refractivity contribution in [1.82, 2.24) is 10.6 Å². The fourth-order valence-electron chi connectivity index (χ4n) is 6.38. The van der Waals surface area contributed by atoms with Crippen molar-refractivity contribution in [2.45, 2.75) is 97.8 Å². The maximum absolute atomic E-state index is 12.7. The average molecular weight is 453 g/mol. The Balaban J connectivity index is 1.62. The third kappa shape index (κ3) is 6.07. The van der Waals surface area contributed by atoms with Crippen LogP contribution in [-0.2, 0) is 14.3 Å². The van der Waals surface area contributed by atoms with Gasteiger partial charge in [-0.15, -0.1) is 0 Å². The Morgan fingerprint density at radius 3 is 1.81 bits per heavy atom. The normalized spacial score (nSPS) is 30.9. The molecule has 4 bridgehead atoms. The second-order valence-electron chi connectivity index (χ2n) is 12.4. The molecule has 0 saturated heterocycles. The zero-order chi connectivity index (χ0) is 23.9. The van der Waals surface area contributed by atoms with Gasteiger partial charge in [0.15, 0.2) is 6.04 Å². The summed E-state index contributed by atoms with van der Waals surface area (Å²) in [6.07, 6.45) is 5.71. The lowest BCUT2D eigenvalue weighted by Gasteiger charge is -2.56. The van der Waals surface area contributed by atoms with E-state index in [0.717, 1.165) is 37.0 Å². The minimum absolute atomic E-state index is 0.0446. The van der Waals surface area contributed by atoms with E-state index in [4.69, 9.17) is 9.47 Å². The quantitative estimate of drug-likeness (QED) is 0.553. The third-order valence-corrected chi connectivity index (χ3v) is 7.15. The van der Waals surface area contributed by atoms with Gasteiger partial charge in [0.25, 0.3) is 0 Å². The van der Waals surface area contributed by atoms with Gasteiger partial charge in [-0.3, -0.25) is 0 Å². The Labute approximate surface area is 191 Å². The first-order valence-corrected chi connectivity index (χ1v) is 11.8. The Kier molecular flexibility index (Phi) is 6.74. The van der Waals surface area contributed by atoms with Crippen LogP contribution in [0.4, 0.5) is 9.59 Å². The average Bonchev–Trinajstić information content (AvgIpc) is 2.59. The minimum Gasteiger partial charge on any atom is -0.480 e. The molecule has 4 fully saturated rings. The number of rotatable bonds is 6. The third-order valence-electron chi connectivity index (χ3n) is 7.15. The first-order valence-electron chi connectivity index (χ1n) is 11.8. The van der Waals surface area contributed by atoms with Crippen molar-refractivity contribution in [3.8, 4) is 0 Å². The smallest absolute Gasteiger partial charge is 0.407 e. The number of hydrogen-bond acceptors (Lipinski definition) is 5. The number of nitrogens with one attached hydrogen (secondary N) is 2. The molecule has 2 unspecified atom stereocenters. The second-order valence-corrected chi connectivity index (χ2v) is 12.4. The van der Waals surface area contributed by atoms with E-state index in [9.17, 15) is 19.5 Å². The molecule has 0 aromatic heterocycles. The molecule has 4 saturated carbocycles. The largest absolute Gasteiger partial charge is 0.480 e. The monoisotopic (exact) mass is 452 g/mol.